The quantitative estimate of drug-likeness (QED) is 0.752. The normalized spacial score (nSPS) is 10.9. The lowest BCUT2D eigenvalue weighted by Crippen LogP contribution is -2.18. The van der Waals surface area contributed by atoms with Crippen molar-refractivity contribution in [3.63, 3.8) is 0 Å². The van der Waals surface area contributed by atoms with E-state index in [0.29, 0.717) is 19.0 Å². The van der Waals surface area contributed by atoms with E-state index in [-0.39, 0.29) is 0 Å². The molecular weight excluding hydrogens is 220 g/mol. The number of imidazole rings is 1. The van der Waals surface area contributed by atoms with E-state index >= 15 is 0 Å². The third-order valence-corrected chi connectivity index (χ3v) is 2.38. The van der Waals surface area contributed by atoms with Gasteiger partial charge in [0.2, 0.25) is 5.89 Å². The van der Waals surface area contributed by atoms with Crippen molar-refractivity contribution in [2.45, 2.75) is 6.54 Å². The van der Waals surface area contributed by atoms with Crippen LogP contribution in [-0.2, 0) is 18.3 Å². The predicted octanol–water partition coefficient (Wildman–Crippen LogP) is 0.811. The first kappa shape index (κ1) is 11.8. The molecule has 2 aromatic heterocycles. The molecule has 92 valence electrons. The molecule has 0 atom stereocenters. The highest BCUT2D eigenvalue weighted by atomic mass is 16.5. The summed E-state index contributed by atoms with van der Waals surface area (Å²) in [6, 6.07) is 0. The van der Waals surface area contributed by atoms with E-state index in [4.69, 9.17) is 9.15 Å². The number of oxazole rings is 1. The molecule has 0 aliphatic carbocycles. The Hall–Kier alpha value is -1.66. The molecular formula is C11H16N4O2. The zero-order chi connectivity index (χ0) is 12.1. The maximum absolute atomic E-state index is 5.61. The van der Waals surface area contributed by atoms with Crippen molar-refractivity contribution in [3.05, 3.63) is 24.6 Å². The van der Waals surface area contributed by atoms with Crippen LogP contribution in [0.3, 0.4) is 0 Å². The third kappa shape index (κ3) is 2.92. The SMILES string of the molecule is COCCNCc1ncc(-c2cncn2C)o1. The lowest BCUT2D eigenvalue weighted by atomic mass is 10.4. The Morgan fingerprint density at radius 1 is 1.47 bits per heavy atom. The summed E-state index contributed by atoms with van der Waals surface area (Å²) >= 11 is 0. The van der Waals surface area contributed by atoms with Crippen molar-refractivity contribution in [1.29, 1.82) is 0 Å². The van der Waals surface area contributed by atoms with Crippen molar-refractivity contribution in [1.82, 2.24) is 19.9 Å². The first-order valence-corrected chi connectivity index (χ1v) is 5.42. The Morgan fingerprint density at radius 3 is 3.06 bits per heavy atom. The lowest BCUT2D eigenvalue weighted by Gasteiger charge is -2.00. The molecule has 0 aromatic carbocycles. The van der Waals surface area contributed by atoms with Crippen LogP contribution in [0.15, 0.2) is 23.1 Å². The van der Waals surface area contributed by atoms with Crippen molar-refractivity contribution in [3.8, 4) is 11.5 Å². The summed E-state index contributed by atoms with van der Waals surface area (Å²) in [5.74, 6) is 1.39. The van der Waals surface area contributed by atoms with E-state index < -0.39 is 0 Å². The van der Waals surface area contributed by atoms with E-state index in [1.165, 1.54) is 0 Å². The van der Waals surface area contributed by atoms with Gasteiger partial charge in [0.15, 0.2) is 5.76 Å². The average Bonchev–Trinajstić information content (AvgIpc) is 2.93. The summed E-state index contributed by atoms with van der Waals surface area (Å²) in [4.78, 5) is 8.24. The van der Waals surface area contributed by atoms with Gasteiger partial charge in [-0.2, -0.15) is 0 Å². The lowest BCUT2D eigenvalue weighted by molar-refractivity contribution is 0.198. The van der Waals surface area contributed by atoms with Crippen molar-refractivity contribution in [2.24, 2.45) is 7.05 Å². The van der Waals surface area contributed by atoms with Crippen molar-refractivity contribution < 1.29 is 9.15 Å². The minimum Gasteiger partial charge on any atom is -0.438 e. The zero-order valence-corrected chi connectivity index (χ0v) is 10.0. The van der Waals surface area contributed by atoms with Crippen LogP contribution in [0.4, 0.5) is 0 Å². The molecule has 0 aliphatic heterocycles. The monoisotopic (exact) mass is 236 g/mol. The molecule has 1 N–H and O–H groups in total. The smallest absolute Gasteiger partial charge is 0.208 e. The van der Waals surface area contributed by atoms with Crippen LogP contribution in [0.5, 0.6) is 0 Å². The third-order valence-electron chi connectivity index (χ3n) is 2.38. The maximum atomic E-state index is 5.61. The number of nitrogens with zero attached hydrogens (tertiary/aromatic N) is 3. The molecule has 0 amide bonds. The van der Waals surface area contributed by atoms with Gasteiger partial charge in [0.1, 0.15) is 5.69 Å². The molecule has 2 rings (SSSR count). The molecule has 0 fully saturated rings. The number of hydrogen-bond donors (Lipinski definition) is 1. The Labute approximate surface area is 99.6 Å². The summed E-state index contributed by atoms with van der Waals surface area (Å²) in [7, 11) is 3.59. The molecule has 0 spiro atoms. The van der Waals surface area contributed by atoms with Gasteiger partial charge in [-0.15, -0.1) is 0 Å². The van der Waals surface area contributed by atoms with Crippen LogP contribution in [0.1, 0.15) is 5.89 Å². The Kier molecular flexibility index (Phi) is 3.89. The predicted molar refractivity (Wildman–Crippen MR) is 62.3 cm³/mol. The summed E-state index contributed by atoms with van der Waals surface area (Å²) < 4.78 is 12.4. The number of methoxy groups -OCH3 is 1. The Balaban J connectivity index is 1.95. The molecule has 0 bridgehead atoms. The standard InChI is InChI=1S/C11H16N4O2/c1-15-8-13-5-9(15)10-6-14-11(17-10)7-12-3-4-16-2/h5-6,8,12H,3-4,7H2,1-2H3. The molecule has 2 heterocycles. The summed E-state index contributed by atoms with van der Waals surface area (Å²) in [5, 5.41) is 3.17. The van der Waals surface area contributed by atoms with Gasteiger partial charge in [0.05, 0.1) is 31.9 Å². The topological polar surface area (TPSA) is 65.1 Å². The van der Waals surface area contributed by atoms with Crippen LogP contribution >= 0.6 is 0 Å². The number of rotatable bonds is 6. The maximum Gasteiger partial charge on any atom is 0.208 e. The molecule has 2 aromatic rings. The number of aromatic nitrogens is 3. The van der Waals surface area contributed by atoms with Crippen LogP contribution in [0.2, 0.25) is 0 Å². The number of hydrogen-bond acceptors (Lipinski definition) is 5. The van der Waals surface area contributed by atoms with E-state index in [0.717, 1.165) is 18.0 Å². The van der Waals surface area contributed by atoms with Gasteiger partial charge >= 0.3 is 0 Å². The van der Waals surface area contributed by atoms with E-state index in [9.17, 15) is 0 Å². The number of nitrogens with one attached hydrogen (secondary N) is 1. The molecule has 6 heteroatoms. The second-order valence-corrected chi connectivity index (χ2v) is 3.68. The van der Waals surface area contributed by atoms with Gasteiger partial charge in [0, 0.05) is 20.7 Å². The second kappa shape index (κ2) is 5.60. The largest absolute Gasteiger partial charge is 0.438 e. The molecule has 0 saturated heterocycles. The van der Waals surface area contributed by atoms with Crippen molar-refractivity contribution >= 4 is 0 Å². The summed E-state index contributed by atoms with van der Waals surface area (Å²) in [6.45, 7) is 2.05. The molecule has 17 heavy (non-hydrogen) atoms. The average molecular weight is 236 g/mol. The van der Waals surface area contributed by atoms with Crippen molar-refractivity contribution in [2.75, 3.05) is 20.3 Å². The molecule has 6 nitrogen and oxygen atoms in total. The van der Waals surface area contributed by atoms with Crippen LogP contribution in [0.25, 0.3) is 11.5 Å². The zero-order valence-electron chi connectivity index (χ0n) is 10.0. The van der Waals surface area contributed by atoms with Crippen LogP contribution in [-0.4, -0.2) is 34.8 Å². The fourth-order valence-corrected chi connectivity index (χ4v) is 1.47. The summed E-state index contributed by atoms with van der Waals surface area (Å²) in [6.07, 6.45) is 5.20. The first-order valence-electron chi connectivity index (χ1n) is 5.42. The van der Waals surface area contributed by atoms with E-state index in [1.54, 1.807) is 25.8 Å². The van der Waals surface area contributed by atoms with Gasteiger partial charge in [-0.1, -0.05) is 0 Å². The second-order valence-electron chi connectivity index (χ2n) is 3.68. The van der Waals surface area contributed by atoms with Crippen LogP contribution < -0.4 is 5.32 Å². The minimum atomic E-state index is 0.598. The molecule has 0 saturated carbocycles. The molecule has 0 aliphatic rings. The summed E-state index contributed by atoms with van der Waals surface area (Å²) in [5.41, 5.74) is 0.917. The van der Waals surface area contributed by atoms with Gasteiger partial charge in [0.25, 0.3) is 0 Å². The number of ether oxygens (including phenoxy) is 1. The molecule has 0 radical (unpaired) electrons. The van der Waals surface area contributed by atoms with Gasteiger partial charge in [-0.3, -0.25) is 0 Å². The Morgan fingerprint density at radius 2 is 2.35 bits per heavy atom. The highest BCUT2D eigenvalue weighted by Gasteiger charge is 2.08. The fourth-order valence-electron chi connectivity index (χ4n) is 1.47. The Bertz CT molecular complexity index is 463. The van der Waals surface area contributed by atoms with Gasteiger partial charge in [-0.25, -0.2) is 9.97 Å². The first-order chi connectivity index (χ1) is 8.31. The van der Waals surface area contributed by atoms with E-state index in [1.807, 2.05) is 11.6 Å². The molecule has 0 unspecified atom stereocenters. The number of aryl methyl sites for hydroxylation is 1. The van der Waals surface area contributed by atoms with Gasteiger partial charge in [-0.05, 0) is 0 Å². The minimum absolute atomic E-state index is 0.598. The fraction of sp³-hybridized carbons (Fsp3) is 0.455. The highest BCUT2D eigenvalue weighted by Crippen LogP contribution is 2.18. The van der Waals surface area contributed by atoms with Crippen LogP contribution in [0, 0.1) is 0 Å². The van der Waals surface area contributed by atoms with Gasteiger partial charge < -0.3 is 19.0 Å². The van der Waals surface area contributed by atoms with E-state index in [2.05, 4.69) is 15.3 Å². The highest BCUT2D eigenvalue weighted by molar-refractivity contribution is 5.49.